The molecule has 22 heavy (non-hydrogen) atoms. The number of ether oxygens (including phenoxy) is 1. The summed E-state index contributed by atoms with van der Waals surface area (Å²) in [6, 6.07) is 6.99. The molecule has 0 unspecified atom stereocenters. The Hall–Kier alpha value is -1.72. The van der Waals surface area contributed by atoms with Crippen LogP contribution in [0.5, 0.6) is 0 Å². The van der Waals surface area contributed by atoms with Gasteiger partial charge < -0.3 is 9.30 Å². The normalized spacial score (nSPS) is 12.8. The molecule has 0 saturated carbocycles. The molecule has 0 spiro atoms. The molecule has 0 bridgehead atoms. The van der Waals surface area contributed by atoms with Gasteiger partial charge in [0, 0.05) is 39.0 Å². The summed E-state index contributed by atoms with van der Waals surface area (Å²) in [7, 11) is 1.70. The van der Waals surface area contributed by atoms with Gasteiger partial charge in [-0.1, -0.05) is 12.1 Å². The summed E-state index contributed by atoms with van der Waals surface area (Å²) in [5.41, 5.74) is 2.12. The minimum atomic E-state index is -0.199. The number of halogens is 1. The highest BCUT2D eigenvalue weighted by Gasteiger charge is 2.17. The predicted molar refractivity (Wildman–Crippen MR) is 84.9 cm³/mol. The molecule has 5 heteroatoms. The SMILES string of the molecule is CCn1cncc1CN(Cc1cccc(F)c1)[C@H](C)COC. The summed E-state index contributed by atoms with van der Waals surface area (Å²) in [5, 5.41) is 0. The van der Waals surface area contributed by atoms with E-state index < -0.39 is 0 Å². The van der Waals surface area contributed by atoms with Gasteiger partial charge in [0.1, 0.15) is 5.82 Å². The van der Waals surface area contributed by atoms with E-state index in [0.717, 1.165) is 24.3 Å². The Morgan fingerprint density at radius 1 is 1.36 bits per heavy atom. The van der Waals surface area contributed by atoms with E-state index in [1.54, 1.807) is 19.2 Å². The Morgan fingerprint density at radius 3 is 2.86 bits per heavy atom. The highest BCUT2D eigenvalue weighted by Crippen LogP contribution is 2.14. The third kappa shape index (κ3) is 4.39. The van der Waals surface area contributed by atoms with E-state index >= 15 is 0 Å². The van der Waals surface area contributed by atoms with E-state index in [1.807, 2.05) is 18.6 Å². The molecule has 2 rings (SSSR count). The minimum absolute atomic E-state index is 0.199. The third-order valence-electron chi connectivity index (χ3n) is 3.81. The lowest BCUT2D eigenvalue weighted by molar-refractivity contribution is 0.0878. The van der Waals surface area contributed by atoms with Crippen LogP contribution in [-0.2, 0) is 24.4 Å². The predicted octanol–water partition coefficient (Wildman–Crippen LogP) is 3.08. The molecule has 2 aromatic rings. The number of benzene rings is 1. The molecule has 1 aromatic carbocycles. The molecule has 0 N–H and O–H groups in total. The van der Waals surface area contributed by atoms with E-state index in [0.29, 0.717) is 13.2 Å². The lowest BCUT2D eigenvalue weighted by atomic mass is 10.1. The molecule has 0 fully saturated rings. The molecule has 0 aliphatic heterocycles. The number of hydrogen-bond acceptors (Lipinski definition) is 3. The highest BCUT2D eigenvalue weighted by atomic mass is 19.1. The molecule has 1 atom stereocenters. The van der Waals surface area contributed by atoms with Gasteiger partial charge in [0.05, 0.1) is 18.6 Å². The molecule has 1 heterocycles. The number of aryl methyl sites for hydroxylation is 1. The van der Waals surface area contributed by atoms with Gasteiger partial charge in [-0.15, -0.1) is 0 Å². The average Bonchev–Trinajstić information content (AvgIpc) is 2.94. The monoisotopic (exact) mass is 305 g/mol. The van der Waals surface area contributed by atoms with Gasteiger partial charge in [-0.3, -0.25) is 4.90 Å². The van der Waals surface area contributed by atoms with Crippen LogP contribution >= 0.6 is 0 Å². The maximum Gasteiger partial charge on any atom is 0.123 e. The van der Waals surface area contributed by atoms with Crippen LogP contribution in [0.3, 0.4) is 0 Å². The Balaban J connectivity index is 2.15. The zero-order chi connectivity index (χ0) is 15.9. The first-order valence-electron chi connectivity index (χ1n) is 7.60. The van der Waals surface area contributed by atoms with Crippen LogP contribution in [0.15, 0.2) is 36.8 Å². The van der Waals surface area contributed by atoms with Crippen molar-refractivity contribution in [2.75, 3.05) is 13.7 Å². The molecular formula is C17H24FN3O. The van der Waals surface area contributed by atoms with Crippen LogP contribution in [0.25, 0.3) is 0 Å². The maximum absolute atomic E-state index is 13.4. The first kappa shape index (κ1) is 16.6. The van der Waals surface area contributed by atoms with Crippen molar-refractivity contribution >= 4 is 0 Å². The molecule has 0 aliphatic rings. The van der Waals surface area contributed by atoms with Crippen molar-refractivity contribution in [2.24, 2.45) is 0 Å². The van der Waals surface area contributed by atoms with E-state index in [-0.39, 0.29) is 11.9 Å². The summed E-state index contributed by atoms with van der Waals surface area (Å²) in [5.74, 6) is -0.199. The lowest BCUT2D eigenvalue weighted by Gasteiger charge is -2.29. The molecule has 0 aliphatic carbocycles. The van der Waals surface area contributed by atoms with Gasteiger partial charge >= 0.3 is 0 Å². The molecule has 1 aromatic heterocycles. The van der Waals surface area contributed by atoms with Crippen molar-refractivity contribution in [3.05, 3.63) is 53.9 Å². The van der Waals surface area contributed by atoms with Gasteiger partial charge in [0.15, 0.2) is 0 Å². The second-order valence-corrected chi connectivity index (χ2v) is 5.51. The topological polar surface area (TPSA) is 30.3 Å². The smallest absolute Gasteiger partial charge is 0.123 e. The summed E-state index contributed by atoms with van der Waals surface area (Å²) in [4.78, 5) is 6.50. The highest BCUT2D eigenvalue weighted by molar-refractivity contribution is 5.16. The average molecular weight is 305 g/mol. The molecule has 0 radical (unpaired) electrons. The van der Waals surface area contributed by atoms with Gasteiger partial charge in [-0.05, 0) is 31.5 Å². The van der Waals surface area contributed by atoms with Crippen molar-refractivity contribution in [3.8, 4) is 0 Å². The second kappa shape index (κ2) is 8.06. The zero-order valence-corrected chi connectivity index (χ0v) is 13.5. The number of hydrogen-bond donors (Lipinski definition) is 0. The third-order valence-corrected chi connectivity index (χ3v) is 3.81. The first-order chi connectivity index (χ1) is 10.6. The van der Waals surface area contributed by atoms with Crippen LogP contribution in [0.1, 0.15) is 25.1 Å². The number of rotatable bonds is 8. The Kier molecular flexibility index (Phi) is 6.10. The first-order valence-corrected chi connectivity index (χ1v) is 7.60. The largest absolute Gasteiger partial charge is 0.383 e. The van der Waals surface area contributed by atoms with E-state index in [9.17, 15) is 4.39 Å². The van der Waals surface area contributed by atoms with Crippen LogP contribution in [0, 0.1) is 5.82 Å². The summed E-state index contributed by atoms with van der Waals surface area (Å²) in [6.07, 6.45) is 3.73. The fourth-order valence-electron chi connectivity index (χ4n) is 2.56. The number of imidazole rings is 1. The lowest BCUT2D eigenvalue weighted by Crippen LogP contribution is -2.35. The minimum Gasteiger partial charge on any atom is -0.383 e. The molecule has 4 nitrogen and oxygen atoms in total. The van der Waals surface area contributed by atoms with Crippen molar-refractivity contribution < 1.29 is 9.13 Å². The molecule has 120 valence electrons. The fourth-order valence-corrected chi connectivity index (χ4v) is 2.56. The van der Waals surface area contributed by atoms with E-state index in [4.69, 9.17) is 4.74 Å². The quantitative estimate of drug-likeness (QED) is 0.751. The summed E-state index contributed by atoms with van der Waals surface area (Å²) < 4.78 is 20.8. The van der Waals surface area contributed by atoms with Crippen molar-refractivity contribution in [1.29, 1.82) is 0 Å². The van der Waals surface area contributed by atoms with Gasteiger partial charge in [-0.25, -0.2) is 9.37 Å². The van der Waals surface area contributed by atoms with Gasteiger partial charge in [0.25, 0.3) is 0 Å². The molecular weight excluding hydrogens is 281 g/mol. The number of nitrogens with zero attached hydrogens (tertiary/aromatic N) is 3. The van der Waals surface area contributed by atoms with Crippen molar-refractivity contribution in [1.82, 2.24) is 14.5 Å². The molecule has 0 saturated heterocycles. The Labute approximate surface area is 131 Å². The second-order valence-electron chi connectivity index (χ2n) is 5.51. The van der Waals surface area contributed by atoms with E-state index in [2.05, 4.69) is 28.3 Å². The van der Waals surface area contributed by atoms with Crippen molar-refractivity contribution in [2.45, 2.75) is 39.5 Å². The Bertz CT molecular complexity index is 585. The zero-order valence-electron chi connectivity index (χ0n) is 13.5. The van der Waals surface area contributed by atoms with Gasteiger partial charge in [0.2, 0.25) is 0 Å². The maximum atomic E-state index is 13.4. The molecule has 0 amide bonds. The van der Waals surface area contributed by atoms with Crippen LogP contribution in [0.2, 0.25) is 0 Å². The number of methoxy groups -OCH3 is 1. The Morgan fingerprint density at radius 2 is 2.18 bits per heavy atom. The summed E-state index contributed by atoms with van der Waals surface area (Å²) in [6.45, 7) is 7.18. The number of aromatic nitrogens is 2. The standard InChI is InChI=1S/C17H24FN3O/c1-4-20-13-19-9-17(20)11-21(14(2)12-22-3)10-15-6-5-7-16(18)8-15/h5-9,13-14H,4,10-12H2,1-3H3/t14-/m1/s1. The van der Waals surface area contributed by atoms with Crippen LogP contribution in [0.4, 0.5) is 4.39 Å². The van der Waals surface area contributed by atoms with Gasteiger partial charge in [-0.2, -0.15) is 0 Å². The van der Waals surface area contributed by atoms with Crippen molar-refractivity contribution in [3.63, 3.8) is 0 Å². The van der Waals surface area contributed by atoms with E-state index in [1.165, 1.54) is 6.07 Å². The fraction of sp³-hybridized carbons (Fsp3) is 0.471. The van der Waals surface area contributed by atoms with Crippen LogP contribution in [-0.4, -0.2) is 34.2 Å². The van der Waals surface area contributed by atoms with Crippen LogP contribution < -0.4 is 0 Å². The summed E-state index contributed by atoms with van der Waals surface area (Å²) >= 11 is 0.